The fraction of sp³-hybridized carbons (Fsp3) is 0.0667. The number of halogens is 2. The lowest BCUT2D eigenvalue weighted by Gasteiger charge is -2.10. The van der Waals surface area contributed by atoms with Crippen molar-refractivity contribution < 1.29 is 22.1 Å². The van der Waals surface area contributed by atoms with E-state index in [0.717, 1.165) is 0 Å². The molecule has 8 nitrogen and oxygen atoms in total. The zero-order valence-electron chi connectivity index (χ0n) is 13.1. The first-order valence-corrected chi connectivity index (χ1v) is 9.19. The Hall–Kier alpha value is -2.49. The molecule has 0 saturated heterocycles. The van der Waals surface area contributed by atoms with Crippen LogP contribution in [0, 0.1) is 0 Å². The van der Waals surface area contributed by atoms with Crippen molar-refractivity contribution in [2.24, 2.45) is 0 Å². The minimum absolute atomic E-state index is 0.0109. The highest BCUT2D eigenvalue weighted by Crippen LogP contribution is 2.31. The number of aromatic nitrogens is 2. The molecule has 0 fully saturated rings. The van der Waals surface area contributed by atoms with Gasteiger partial charge in [0.1, 0.15) is 17.0 Å². The SMILES string of the molecule is COC(=O)Nn1cnc2cc(OS(=O)(=O)c3c(Cl)cccc3Cl)ccc21. The summed E-state index contributed by atoms with van der Waals surface area (Å²) in [7, 11) is -3.02. The summed E-state index contributed by atoms with van der Waals surface area (Å²) in [4.78, 5) is 15.0. The number of benzene rings is 2. The average molecular weight is 416 g/mol. The summed E-state index contributed by atoms with van der Waals surface area (Å²) < 4.78 is 35.9. The van der Waals surface area contributed by atoms with Gasteiger partial charge in [0, 0.05) is 6.07 Å². The number of carbonyl (C=O) groups excluding carboxylic acids is 1. The second kappa shape index (κ2) is 7.02. The van der Waals surface area contributed by atoms with Crippen molar-refractivity contribution in [2.75, 3.05) is 12.5 Å². The fourth-order valence-corrected chi connectivity index (χ4v) is 4.19. The van der Waals surface area contributed by atoms with Gasteiger partial charge in [-0.15, -0.1) is 0 Å². The lowest BCUT2D eigenvalue weighted by molar-refractivity contribution is 0.183. The summed E-state index contributed by atoms with van der Waals surface area (Å²) in [6.45, 7) is 0. The van der Waals surface area contributed by atoms with Gasteiger partial charge in [0.05, 0.1) is 28.2 Å². The molecular weight excluding hydrogens is 405 g/mol. The Morgan fingerprint density at radius 3 is 2.54 bits per heavy atom. The summed E-state index contributed by atoms with van der Waals surface area (Å²) in [6, 6.07) is 8.64. The maximum Gasteiger partial charge on any atom is 0.426 e. The third-order valence-electron chi connectivity index (χ3n) is 3.29. The maximum absolute atomic E-state index is 12.5. The zero-order valence-corrected chi connectivity index (χ0v) is 15.5. The Kier molecular flexibility index (Phi) is 4.94. The molecule has 2 aromatic carbocycles. The molecule has 0 atom stereocenters. The van der Waals surface area contributed by atoms with Crippen LogP contribution in [0.1, 0.15) is 0 Å². The third-order valence-corrected chi connectivity index (χ3v) is 5.50. The van der Waals surface area contributed by atoms with Gasteiger partial charge in [-0.05, 0) is 24.3 Å². The fourth-order valence-electron chi connectivity index (χ4n) is 2.17. The van der Waals surface area contributed by atoms with Crippen LogP contribution in [-0.4, -0.2) is 31.3 Å². The highest BCUT2D eigenvalue weighted by atomic mass is 35.5. The van der Waals surface area contributed by atoms with E-state index in [0.29, 0.717) is 11.0 Å². The molecule has 3 aromatic rings. The maximum atomic E-state index is 12.5. The molecule has 26 heavy (non-hydrogen) atoms. The van der Waals surface area contributed by atoms with Gasteiger partial charge < -0.3 is 8.92 Å². The summed E-state index contributed by atoms with van der Waals surface area (Å²) in [5.41, 5.74) is 3.32. The number of amides is 1. The molecule has 1 amide bonds. The van der Waals surface area contributed by atoms with Gasteiger partial charge in [0.15, 0.2) is 0 Å². The van der Waals surface area contributed by atoms with Gasteiger partial charge in [-0.25, -0.2) is 19.9 Å². The summed E-state index contributed by atoms with van der Waals surface area (Å²) in [5.74, 6) is 0.0109. The molecule has 0 saturated carbocycles. The molecule has 11 heteroatoms. The van der Waals surface area contributed by atoms with Crippen LogP contribution in [0.4, 0.5) is 4.79 Å². The normalized spacial score (nSPS) is 11.3. The number of imidazole rings is 1. The van der Waals surface area contributed by atoms with E-state index in [1.165, 1.54) is 54.5 Å². The molecule has 1 N–H and O–H groups in total. The smallest absolute Gasteiger partial charge is 0.426 e. The lowest BCUT2D eigenvalue weighted by atomic mass is 10.3. The second-order valence-corrected chi connectivity index (χ2v) is 7.25. The van der Waals surface area contributed by atoms with Crippen molar-refractivity contribution in [3.05, 3.63) is 52.8 Å². The number of rotatable bonds is 4. The molecular formula is C15H11Cl2N3O5S. The minimum Gasteiger partial charge on any atom is -0.452 e. The molecule has 0 bridgehead atoms. The van der Waals surface area contributed by atoms with Crippen molar-refractivity contribution in [2.45, 2.75) is 4.90 Å². The number of nitrogens with one attached hydrogen (secondary N) is 1. The number of ether oxygens (including phenoxy) is 1. The van der Waals surface area contributed by atoms with Crippen molar-refractivity contribution in [3.63, 3.8) is 0 Å². The second-order valence-electron chi connectivity index (χ2n) is 4.96. The van der Waals surface area contributed by atoms with E-state index in [-0.39, 0.29) is 20.7 Å². The highest BCUT2D eigenvalue weighted by Gasteiger charge is 2.24. The molecule has 0 aliphatic rings. The lowest BCUT2D eigenvalue weighted by Crippen LogP contribution is -2.21. The Bertz CT molecular complexity index is 1080. The predicted octanol–water partition coefficient (Wildman–Crippen LogP) is 3.42. The van der Waals surface area contributed by atoms with Crippen LogP contribution >= 0.6 is 23.2 Å². The number of fused-ring (bicyclic) bond motifs is 1. The molecule has 0 radical (unpaired) electrons. The summed E-state index contributed by atoms with van der Waals surface area (Å²) in [5, 5.41) is -0.102. The van der Waals surface area contributed by atoms with Crippen LogP contribution in [0.2, 0.25) is 10.0 Å². The van der Waals surface area contributed by atoms with Crippen LogP contribution in [0.15, 0.2) is 47.6 Å². The van der Waals surface area contributed by atoms with Crippen LogP contribution in [0.5, 0.6) is 5.75 Å². The Morgan fingerprint density at radius 1 is 1.19 bits per heavy atom. The Balaban J connectivity index is 1.93. The van der Waals surface area contributed by atoms with Crippen molar-refractivity contribution in [3.8, 4) is 5.75 Å². The van der Waals surface area contributed by atoms with E-state index in [2.05, 4.69) is 15.1 Å². The third kappa shape index (κ3) is 3.55. The molecule has 3 rings (SSSR count). The van der Waals surface area contributed by atoms with Gasteiger partial charge >= 0.3 is 16.2 Å². The molecule has 0 spiro atoms. The van der Waals surface area contributed by atoms with Crippen molar-refractivity contribution in [1.29, 1.82) is 0 Å². The van der Waals surface area contributed by atoms with Crippen LogP contribution in [0.25, 0.3) is 11.0 Å². The van der Waals surface area contributed by atoms with Gasteiger partial charge in [0.25, 0.3) is 0 Å². The molecule has 0 unspecified atom stereocenters. The topological polar surface area (TPSA) is 99.5 Å². The van der Waals surface area contributed by atoms with E-state index >= 15 is 0 Å². The quantitative estimate of drug-likeness (QED) is 0.655. The van der Waals surface area contributed by atoms with E-state index in [1.54, 1.807) is 0 Å². The molecule has 1 aromatic heterocycles. The summed E-state index contributed by atoms with van der Waals surface area (Å²) in [6.07, 6.45) is 0.658. The average Bonchev–Trinajstić information content (AvgIpc) is 2.96. The van der Waals surface area contributed by atoms with Gasteiger partial charge in [-0.2, -0.15) is 8.42 Å². The van der Waals surface area contributed by atoms with Crippen molar-refractivity contribution >= 4 is 50.4 Å². The standard InChI is InChI=1S/C15H11Cl2N3O5S/c1-24-15(21)19-20-8-18-12-7-9(5-6-13(12)20)25-26(22,23)14-10(16)3-2-4-11(14)17/h2-8H,1H3,(H,19,21). The Morgan fingerprint density at radius 2 is 1.88 bits per heavy atom. The first-order chi connectivity index (χ1) is 12.3. The van der Waals surface area contributed by atoms with Gasteiger partial charge in [-0.3, -0.25) is 0 Å². The number of hydrogen-bond donors (Lipinski definition) is 1. The number of nitrogens with zero attached hydrogens (tertiary/aromatic N) is 2. The van der Waals surface area contributed by atoms with E-state index < -0.39 is 16.2 Å². The molecule has 0 aliphatic carbocycles. The first kappa shape index (κ1) is 18.3. The highest BCUT2D eigenvalue weighted by molar-refractivity contribution is 7.87. The van der Waals surface area contributed by atoms with Crippen LogP contribution in [-0.2, 0) is 14.9 Å². The molecule has 136 valence electrons. The van der Waals surface area contributed by atoms with Crippen LogP contribution < -0.4 is 9.61 Å². The van der Waals surface area contributed by atoms with E-state index in [1.807, 2.05) is 0 Å². The minimum atomic E-state index is -4.25. The molecule has 1 heterocycles. The van der Waals surface area contributed by atoms with Gasteiger partial charge in [0.2, 0.25) is 0 Å². The van der Waals surface area contributed by atoms with E-state index in [4.69, 9.17) is 27.4 Å². The largest absolute Gasteiger partial charge is 0.452 e. The first-order valence-electron chi connectivity index (χ1n) is 7.02. The number of carbonyl (C=O) groups is 1. The number of methoxy groups -OCH3 is 1. The van der Waals surface area contributed by atoms with Crippen LogP contribution in [0.3, 0.4) is 0 Å². The molecule has 0 aliphatic heterocycles. The number of hydrogen-bond acceptors (Lipinski definition) is 6. The Labute approximate surface area is 158 Å². The van der Waals surface area contributed by atoms with E-state index in [9.17, 15) is 13.2 Å². The summed E-state index contributed by atoms with van der Waals surface area (Å²) >= 11 is 11.9. The monoisotopic (exact) mass is 415 g/mol. The zero-order chi connectivity index (χ0) is 18.9. The van der Waals surface area contributed by atoms with Gasteiger partial charge in [-0.1, -0.05) is 29.3 Å². The van der Waals surface area contributed by atoms with Crippen molar-refractivity contribution in [1.82, 2.24) is 9.66 Å². The predicted molar refractivity (Wildman–Crippen MR) is 95.8 cm³/mol.